The zero-order valence-corrected chi connectivity index (χ0v) is 22.8. The number of alkyl carbamates (subject to hydrolysis) is 1. The number of likely N-dealkylation sites (tertiary alicyclic amines) is 1. The third kappa shape index (κ3) is 5.64. The van der Waals surface area contributed by atoms with Crippen LogP contribution in [-0.4, -0.2) is 61.6 Å². The summed E-state index contributed by atoms with van der Waals surface area (Å²) >= 11 is 0. The summed E-state index contributed by atoms with van der Waals surface area (Å²) in [7, 11) is 1.29. The summed E-state index contributed by atoms with van der Waals surface area (Å²) in [5.41, 5.74) is 4.72. The molecule has 2 aromatic heterocycles. The second-order valence-electron chi connectivity index (χ2n) is 10.6. The predicted octanol–water partition coefficient (Wildman–Crippen LogP) is 4.68. The van der Waals surface area contributed by atoms with Gasteiger partial charge in [0.25, 0.3) is 0 Å². The van der Waals surface area contributed by atoms with E-state index in [0.29, 0.717) is 12.5 Å². The molecule has 10 nitrogen and oxygen atoms in total. The maximum atomic E-state index is 13.4. The van der Waals surface area contributed by atoms with Gasteiger partial charge in [0.1, 0.15) is 17.6 Å². The van der Waals surface area contributed by atoms with Crippen molar-refractivity contribution in [2.45, 2.75) is 52.1 Å². The molecule has 1 aromatic carbocycles. The van der Waals surface area contributed by atoms with Crippen LogP contribution in [0.1, 0.15) is 57.6 Å². The number of allylic oxidation sites excluding steroid dienone is 4. The minimum Gasteiger partial charge on any atom is -0.453 e. The molecule has 1 aliphatic heterocycles. The summed E-state index contributed by atoms with van der Waals surface area (Å²) in [6, 6.07) is 7.19. The Morgan fingerprint density at radius 2 is 2.00 bits per heavy atom. The molecule has 2 aliphatic rings. The van der Waals surface area contributed by atoms with Crippen LogP contribution in [0.15, 0.2) is 54.9 Å². The summed E-state index contributed by atoms with van der Waals surface area (Å²) in [5.74, 6) is 1.09. The second kappa shape index (κ2) is 11.3. The number of aromatic nitrogens is 5. The number of imidazole rings is 1. The largest absolute Gasteiger partial charge is 0.453 e. The van der Waals surface area contributed by atoms with Gasteiger partial charge in [-0.1, -0.05) is 56.3 Å². The molecule has 204 valence electrons. The van der Waals surface area contributed by atoms with Gasteiger partial charge in [0.2, 0.25) is 5.91 Å². The van der Waals surface area contributed by atoms with Crippen LogP contribution >= 0.6 is 0 Å². The minimum absolute atomic E-state index is 0.0795. The Labute approximate surface area is 228 Å². The zero-order chi connectivity index (χ0) is 27.5. The zero-order valence-electron chi connectivity index (χ0n) is 22.8. The smallest absolute Gasteiger partial charge is 0.407 e. The third-order valence-electron chi connectivity index (χ3n) is 7.38. The van der Waals surface area contributed by atoms with E-state index in [1.54, 1.807) is 10.9 Å². The molecular formula is C29H35N7O3. The van der Waals surface area contributed by atoms with E-state index in [4.69, 9.17) is 4.74 Å². The molecule has 2 N–H and O–H groups in total. The van der Waals surface area contributed by atoms with Crippen molar-refractivity contribution < 1.29 is 14.3 Å². The number of hydrogen-bond acceptors (Lipinski definition) is 6. The maximum absolute atomic E-state index is 13.4. The Balaban J connectivity index is 1.29. The average Bonchev–Trinajstić information content (AvgIpc) is 3.72. The first-order chi connectivity index (χ1) is 18.8. The lowest BCUT2D eigenvalue weighted by Crippen LogP contribution is -2.51. The molecule has 3 heterocycles. The Morgan fingerprint density at radius 3 is 2.69 bits per heavy atom. The molecule has 0 spiro atoms. The Bertz CT molecular complexity index is 1390. The molecule has 1 saturated heterocycles. The van der Waals surface area contributed by atoms with Crippen LogP contribution in [0, 0.1) is 11.8 Å². The molecule has 0 bridgehead atoms. The molecule has 3 aromatic rings. The first-order valence-electron chi connectivity index (χ1n) is 13.5. The van der Waals surface area contributed by atoms with Crippen molar-refractivity contribution in [1.29, 1.82) is 0 Å². The van der Waals surface area contributed by atoms with Crippen molar-refractivity contribution in [2.75, 3.05) is 13.7 Å². The fourth-order valence-corrected chi connectivity index (χ4v) is 5.08. The van der Waals surface area contributed by atoms with Crippen molar-refractivity contribution in [1.82, 2.24) is 35.2 Å². The van der Waals surface area contributed by atoms with Gasteiger partial charge in [-0.15, -0.1) is 5.10 Å². The van der Waals surface area contributed by atoms with Gasteiger partial charge in [-0.05, 0) is 54.4 Å². The van der Waals surface area contributed by atoms with E-state index in [1.165, 1.54) is 7.11 Å². The molecule has 39 heavy (non-hydrogen) atoms. The van der Waals surface area contributed by atoms with Crippen LogP contribution in [0.25, 0.3) is 22.5 Å². The lowest BCUT2D eigenvalue weighted by Gasteiger charge is -2.30. The number of nitrogens with zero attached hydrogens (tertiary/aromatic N) is 5. The lowest BCUT2D eigenvalue weighted by molar-refractivity contribution is -0.135. The van der Waals surface area contributed by atoms with Gasteiger partial charge < -0.3 is 19.9 Å². The normalized spacial score (nSPS) is 19.7. The summed E-state index contributed by atoms with van der Waals surface area (Å²) < 4.78 is 6.50. The molecule has 2 amide bonds. The number of carbonyl (C=O) groups excluding carboxylic acids is 2. The molecule has 1 unspecified atom stereocenters. The van der Waals surface area contributed by atoms with E-state index in [1.807, 2.05) is 49.2 Å². The average molecular weight is 530 g/mol. The van der Waals surface area contributed by atoms with Gasteiger partial charge in [-0.2, -0.15) is 0 Å². The fourth-order valence-electron chi connectivity index (χ4n) is 5.08. The van der Waals surface area contributed by atoms with Gasteiger partial charge in [0.05, 0.1) is 36.9 Å². The highest BCUT2D eigenvalue weighted by atomic mass is 16.5. The van der Waals surface area contributed by atoms with E-state index >= 15 is 0 Å². The quantitative estimate of drug-likeness (QED) is 0.459. The third-order valence-corrected chi connectivity index (χ3v) is 7.38. The Morgan fingerprint density at radius 1 is 1.21 bits per heavy atom. The highest BCUT2D eigenvalue weighted by Crippen LogP contribution is 2.33. The molecule has 10 heteroatoms. The molecule has 1 aliphatic carbocycles. The number of hydrogen-bond donors (Lipinski definition) is 2. The second-order valence-corrected chi connectivity index (χ2v) is 10.6. The van der Waals surface area contributed by atoms with E-state index in [2.05, 4.69) is 50.7 Å². The van der Waals surface area contributed by atoms with Crippen LogP contribution in [0.2, 0.25) is 0 Å². The first kappa shape index (κ1) is 26.4. The number of H-pyrrole nitrogens is 1. The number of aromatic amines is 1. The number of ether oxygens (including phenoxy) is 1. The van der Waals surface area contributed by atoms with Crippen molar-refractivity contribution in [3.05, 3.63) is 66.4 Å². The van der Waals surface area contributed by atoms with E-state index in [0.717, 1.165) is 53.3 Å². The number of benzene rings is 1. The number of carbonyl (C=O) groups is 2. The Hall–Kier alpha value is -4.21. The number of nitrogens with one attached hydrogen (secondary N) is 2. The van der Waals surface area contributed by atoms with E-state index in [9.17, 15) is 9.59 Å². The molecular weight excluding hydrogens is 494 g/mol. The van der Waals surface area contributed by atoms with Crippen LogP contribution in [0.5, 0.6) is 0 Å². The SMILES string of the molecule is COC(=O)N[C@H](C(=O)N1CCC[C@H]1c1ncc(-c2ccc(-n3cc(C4=CCC(C)C=C4)nn3)cc2)[nH]1)C(C)C. The van der Waals surface area contributed by atoms with Crippen LogP contribution in [-0.2, 0) is 9.53 Å². The topological polar surface area (TPSA) is 118 Å². The number of methoxy groups -OCH3 is 1. The van der Waals surface area contributed by atoms with Crippen LogP contribution in [0.3, 0.4) is 0 Å². The summed E-state index contributed by atoms with van der Waals surface area (Å²) in [6.45, 7) is 6.62. The van der Waals surface area contributed by atoms with Gasteiger partial charge in [0, 0.05) is 6.54 Å². The summed E-state index contributed by atoms with van der Waals surface area (Å²) in [4.78, 5) is 35.1. The standard InChI is InChI=1S/C29H35N7O3/c1-18(2)26(32-29(38)39-4)28(37)35-15-5-6-25(35)27-30-16-23(31-27)20-11-13-22(14-12-20)36-17-24(33-34-36)21-9-7-19(3)8-10-21/h7,9-14,16-19,25-26H,5-6,8,15H2,1-4H3,(H,30,31)(H,32,38)/t19?,25-,26-/m0/s1. The van der Waals surface area contributed by atoms with Gasteiger partial charge in [-0.3, -0.25) is 4.79 Å². The van der Waals surface area contributed by atoms with E-state index in [-0.39, 0.29) is 17.9 Å². The van der Waals surface area contributed by atoms with Crippen molar-refractivity contribution >= 4 is 17.6 Å². The van der Waals surface area contributed by atoms with Gasteiger partial charge >= 0.3 is 6.09 Å². The Kier molecular flexibility index (Phi) is 7.63. The van der Waals surface area contributed by atoms with Gasteiger partial charge in [-0.25, -0.2) is 14.5 Å². The van der Waals surface area contributed by atoms with Crippen molar-refractivity contribution in [3.63, 3.8) is 0 Å². The molecule has 0 saturated carbocycles. The first-order valence-corrected chi connectivity index (χ1v) is 13.5. The molecule has 1 fully saturated rings. The van der Waals surface area contributed by atoms with Crippen LogP contribution in [0.4, 0.5) is 4.79 Å². The highest BCUT2D eigenvalue weighted by molar-refractivity contribution is 5.86. The number of amides is 2. The molecule has 0 radical (unpaired) electrons. The van der Waals surface area contributed by atoms with Gasteiger partial charge in [0.15, 0.2) is 0 Å². The predicted molar refractivity (Wildman–Crippen MR) is 148 cm³/mol. The van der Waals surface area contributed by atoms with Crippen molar-refractivity contribution in [2.24, 2.45) is 11.8 Å². The van der Waals surface area contributed by atoms with E-state index < -0.39 is 12.1 Å². The lowest BCUT2D eigenvalue weighted by atomic mass is 9.97. The van der Waals surface area contributed by atoms with Crippen LogP contribution < -0.4 is 5.32 Å². The molecule has 5 rings (SSSR count). The maximum Gasteiger partial charge on any atom is 0.407 e. The van der Waals surface area contributed by atoms with Crippen molar-refractivity contribution in [3.8, 4) is 16.9 Å². The summed E-state index contributed by atoms with van der Waals surface area (Å²) in [6.07, 6.45) is 12.3. The fraction of sp³-hybridized carbons (Fsp3) is 0.414. The number of rotatable bonds is 7. The highest BCUT2D eigenvalue weighted by Gasteiger charge is 2.37. The monoisotopic (exact) mass is 529 g/mol. The minimum atomic E-state index is -0.661. The summed E-state index contributed by atoms with van der Waals surface area (Å²) in [5, 5.41) is 11.3. The molecule has 3 atom stereocenters.